The second kappa shape index (κ2) is 8.04. The predicted molar refractivity (Wildman–Crippen MR) is 104 cm³/mol. The molecule has 3 aromatic rings. The zero-order valence-electron chi connectivity index (χ0n) is 16.7. The molecule has 2 amide bonds. The predicted octanol–water partition coefficient (Wildman–Crippen LogP) is 2.54. The molecular weight excluding hydrogens is 372 g/mol. The van der Waals surface area contributed by atoms with Gasteiger partial charge in [-0.25, -0.2) is 9.48 Å². The number of amides is 2. The summed E-state index contributed by atoms with van der Waals surface area (Å²) in [6.45, 7) is 6.86. The van der Waals surface area contributed by atoms with Gasteiger partial charge in [0.15, 0.2) is 11.9 Å². The number of para-hydroxylation sites is 1. The molecule has 0 radical (unpaired) electrons. The van der Waals surface area contributed by atoms with E-state index in [9.17, 15) is 4.79 Å². The molecule has 2 atom stereocenters. The fourth-order valence-electron chi connectivity index (χ4n) is 3.36. The van der Waals surface area contributed by atoms with E-state index in [0.717, 1.165) is 16.9 Å². The molecule has 0 unspecified atom stereocenters. The quantitative estimate of drug-likeness (QED) is 0.728. The Labute approximate surface area is 168 Å². The van der Waals surface area contributed by atoms with Gasteiger partial charge >= 0.3 is 6.03 Å². The number of carbonyl (C=O) groups is 1. The molecule has 1 aliphatic rings. The summed E-state index contributed by atoms with van der Waals surface area (Å²) in [5.41, 5.74) is 2.82. The van der Waals surface area contributed by atoms with Crippen molar-refractivity contribution >= 4 is 6.03 Å². The van der Waals surface area contributed by atoms with Crippen molar-refractivity contribution in [2.24, 2.45) is 0 Å². The average Bonchev–Trinajstić information content (AvgIpc) is 3.32. The standard InChI is InChI=1S/C20H24N6O3/c1-13-10-25(12-18(28-13)19-22-15(3)24-29-19)20(27)21-9-16-11-26(23-14(16)2)17-7-5-4-6-8-17/h4-8,11,13,18H,9-10,12H2,1-3H3,(H,21,27)/t13-,18-/m1/s1. The molecule has 1 aliphatic heterocycles. The summed E-state index contributed by atoms with van der Waals surface area (Å²) in [6, 6.07) is 9.72. The van der Waals surface area contributed by atoms with Gasteiger partial charge in [-0.3, -0.25) is 0 Å². The van der Waals surface area contributed by atoms with Crippen molar-refractivity contribution in [3.63, 3.8) is 0 Å². The van der Waals surface area contributed by atoms with Gasteiger partial charge in [-0.15, -0.1) is 0 Å². The minimum Gasteiger partial charge on any atom is -0.362 e. The molecule has 1 fully saturated rings. The Morgan fingerprint density at radius 1 is 1.24 bits per heavy atom. The first-order valence-electron chi connectivity index (χ1n) is 9.58. The lowest BCUT2D eigenvalue weighted by atomic mass is 10.2. The van der Waals surface area contributed by atoms with E-state index in [1.54, 1.807) is 11.8 Å². The van der Waals surface area contributed by atoms with Crippen LogP contribution in [0.5, 0.6) is 0 Å². The van der Waals surface area contributed by atoms with Crippen LogP contribution < -0.4 is 5.32 Å². The number of nitrogens with zero attached hydrogens (tertiary/aromatic N) is 5. The van der Waals surface area contributed by atoms with E-state index in [1.807, 2.05) is 55.1 Å². The van der Waals surface area contributed by atoms with Crippen LogP contribution in [0.15, 0.2) is 41.1 Å². The second-order valence-electron chi connectivity index (χ2n) is 7.20. The van der Waals surface area contributed by atoms with Gasteiger partial charge in [-0.2, -0.15) is 10.1 Å². The molecule has 2 aromatic heterocycles. The third-order valence-electron chi connectivity index (χ3n) is 4.82. The number of hydrogen-bond acceptors (Lipinski definition) is 6. The highest BCUT2D eigenvalue weighted by molar-refractivity contribution is 5.74. The molecule has 3 heterocycles. The molecule has 0 bridgehead atoms. The average molecular weight is 396 g/mol. The number of ether oxygens (including phenoxy) is 1. The van der Waals surface area contributed by atoms with Crippen molar-refractivity contribution in [3.05, 3.63) is 59.5 Å². The van der Waals surface area contributed by atoms with Crippen LogP contribution in [0.25, 0.3) is 5.69 Å². The van der Waals surface area contributed by atoms with E-state index >= 15 is 0 Å². The Hall–Kier alpha value is -3.20. The Kier molecular flexibility index (Phi) is 5.30. The first-order chi connectivity index (χ1) is 14.0. The van der Waals surface area contributed by atoms with E-state index in [4.69, 9.17) is 9.26 Å². The van der Waals surface area contributed by atoms with Crippen LogP contribution in [0.3, 0.4) is 0 Å². The Morgan fingerprint density at radius 3 is 2.76 bits per heavy atom. The molecule has 1 N–H and O–H groups in total. The number of hydrogen-bond donors (Lipinski definition) is 1. The van der Waals surface area contributed by atoms with Gasteiger partial charge in [0.05, 0.1) is 24.0 Å². The topological polar surface area (TPSA) is 98.3 Å². The number of urea groups is 1. The lowest BCUT2D eigenvalue weighted by Gasteiger charge is -2.35. The monoisotopic (exact) mass is 396 g/mol. The maximum atomic E-state index is 12.8. The molecule has 4 rings (SSSR count). The van der Waals surface area contributed by atoms with Crippen molar-refractivity contribution in [1.82, 2.24) is 30.1 Å². The molecule has 0 spiro atoms. The molecule has 0 saturated carbocycles. The molecule has 9 nitrogen and oxygen atoms in total. The van der Waals surface area contributed by atoms with Crippen LogP contribution in [0.1, 0.15) is 36.0 Å². The minimum atomic E-state index is -0.423. The van der Waals surface area contributed by atoms with Crippen LogP contribution in [0.2, 0.25) is 0 Å². The zero-order valence-corrected chi connectivity index (χ0v) is 16.7. The van der Waals surface area contributed by atoms with E-state index in [-0.39, 0.29) is 12.1 Å². The largest absolute Gasteiger partial charge is 0.362 e. The van der Waals surface area contributed by atoms with Crippen molar-refractivity contribution in [3.8, 4) is 5.69 Å². The Balaban J connectivity index is 1.40. The number of aromatic nitrogens is 4. The molecule has 9 heteroatoms. The molecule has 152 valence electrons. The molecule has 1 saturated heterocycles. The van der Waals surface area contributed by atoms with Gasteiger partial charge in [0.25, 0.3) is 5.89 Å². The summed E-state index contributed by atoms with van der Waals surface area (Å²) >= 11 is 0. The van der Waals surface area contributed by atoms with Gasteiger partial charge in [0, 0.05) is 24.8 Å². The highest BCUT2D eigenvalue weighted by Gasteiger charge is 2.32. The van der Waals surface area contributed by atoms with E-state index in [1.165, 1.54) is 0 Å². The third kappa shape index (κ3) is 4.29. The highest BCUT2D eigenvalue weighted by atomic mass is 16.5. The van der Waals surface area contributed by atoms with Crippen LogP contribution in [0.4, 0.5) is 4.79 Å². The summed E-state index contributed by atoms with van der Waals surface area (Å²) in [4.78, 5) is 18.7. The van der Waals surface area contributed by atoms with Gasteiger partial charge in [-0.1, -0.05) is 23.4 Å². The number of benzene rings is 1. The molecular formula is C20H24N6O3. The van der Waals surface area contributed by atoms with Gasteiger partial charge in [0.1, 0.15) is 0 Å². The summed E-state index contributed by atoms with van der Waals surface area (Å²) < 4.78 is 12.9. The molecule has 29 heavy (non-hydrogen) atoms. The molecule has 0 aliphatic carbocycles. The van der Waals surface area contributed by atoms with E-state index in [0.29, 0.717) is 31.3 Å². The van der Waals surface area contributed by atoms with E-state index < -0.39 is 6.10 Å². The van der Waals surface area contributed by atoms with E-state index in [2.05, 4.69) is 20.6 Å². The third-order valence-corrected chi connectivity index (χ3v) is 4.82. The SMILES string of the molecule is Cc1noc([C@H]2CN(C(=O)NCc3cn(-c4ccccc4)nc3C)C[C@@H](C)O2)n1. The summed E-state index contributed by atoms with van der Waals surface area (Å²) in [7, 11) is 0. The lowest BCUT2D eigenvalue weighted by Crippen LogP contribution is -2.49. The number of rotatable bonds is 4. The zero-order chi connectivity index (χ0) is 20.4. The van der Waals surface area contributed by atoms with Crippen molar-refractivity contribution in [2.75, 3.05) is 13.1 Å². The normalized spacial score (nSPS) is 19.3. The van der Waals surface area contributed by atoms with Gasteiger partial charge in [-0.05, 0) is 32.9 Å². The fraction of sp³-hybridized carbons (Fsp3) is 0.400. The van der Waals surface area contributed by atoms with Crippen LogP contribution >= 0.6 is 0 Å². The minimum absolute atomic E-state index is 0.130. The Bertz CT molecular complexity index is 983. The summed E-state index contributed by atoms with van der Waals surface area (Å²) in [5.74, 6) is 0.940. The van der Waals surface area contributed by atoms with Gasteiger partial charge < -0.3 is 19.5 Å². The number of morpholine rings is 1. The van der Waals surface area contributed by atoms with Crippen molar-refractivity contribution in [2.45, 2.75) is 39.5 Å². The van der Waals surface area contributed by atoms with Crippen LogP contribution in [0, 0.1) is 13.8 Å². The highest BCUT2D eigenvalue weighted by Crippen LogP contribution is 2.24. The molecule has 1 aromatic carbocycles. The smallest absolute Gasteiger partial charge is 0.317 e. The maximum absolute atomic E-state index is 12.8. The summed E-state index contributed by atoms with van der Waals surface area (Å²) in [5, 5.41) is 11.3. The number of aryl methyl sites for hydroxylation is 2. The van der Waals surface area contributed by atoms with Crippen LogP contribution in [-0.2, 0) is 11.3 Å². The fourth-order valence-corrected chi connectivity index (χ4v) is 3.36. The Morgan fingerprint density at radius 2 is 2.03 bits per heavy atom. The number of carbonyl (C=O) groups excluding carboxylic acids is 1. The first-order valence-corrected chi connectivity index (χ1v) is 9.58. The van der Waals surface area contributed by atoms with Crippen molar-refractivity contribution < 1.29 is 14.1 Å². The second-order valence-corrected chi connectivity index (χ2v) is 7.20. The maximum Gasteiger partial charge on any atom is 0.317 e. The number of nitrogens with one attached hydrogen (secondary N) is 1. The van der Waals surface area contributed by atoms with Crippen LogP contribution in [-0.4, -0.2) is 50.0 Å². The lowest BCUT2D eigenvalue weighted by molar-refractivity contribution is -0.0782. The first kappa shape index (κ1) is 19.1. The van der Waals surface area contributed by atoms with Gasteiger partial charge in [0.2, 0.25) is 0 Å². The van der Waals surface area contributed by atoms with Crippen molar-refractivity contribution in [1.29, 1.82) is 0 Å². The summed E-state index contributed by atoms with van der Waals surface area (Å²) in [6.07, 6.45) is 1.39.